The maximum atomic E-state index is 11.9. The lowest BCUT2D eigenvalue weighted by atomic mass is 10.1. The van der Waals surface area contributed by atoms with Gasteiger partial charge >= 0.3 is 0 Å². The summed E-state index contributed by atoms with van der Waals surface area (Å²) in [4.78, 5) is 13.8. The number of nitriles is 1. The van der Waals surface area contributed by atoms with Gasteiger partial charge in [0.15, 0.2) is 5.78 Å². The number of ketones is 1. The number of methoxy groups -OCH3 is 1. The van der Waals surface area contributed by atoms with Crippen LogP contribution in [0.2, 0.25) is 5.02 Å². The Hall–Kier alpha value is -1.57. The molecule has 0 aliphatic heterocycles. The molecule has 18 heavy (non-hydrogen) atoms. The van der Waals surface area contributed by atoms with Crippen molar-refractivity contribution >= 4 is 17.4 Å². The van der Waals surface area contributed by atoms with Crippen molar-refractivity contribution in [3.05, 3.63) is 28.8 Å². The van der Waals surface area contributed by atoms with Crippen LogP contribution in [0.15, 0.2) is 18.2 Å². The average molecular weight is 267 g/mol. The standard InChI is InChI=1S/C13H15ClN2O2/c1-16(7-3-6-15)9-12(17)10-4-5-13(18-2)11(14)8-10/h4-5,8H,3,7,9H2,1-2H3. The smallest absolute Gasteiger partial charge is 0.176 e. The molecule has 0 amide bonds. The summed E-state index contributed by atoms with van der Waals surface area (Å²) in [7, 11) is 3.33. The molecule has 1 rings (SSSR count). The van der Waals surface area contributed by atoms with E-state index in [0.29, 0.717) is 29.3 Å². The molecular weight excluding hydrogens is 252 g/mol. The maximum absolute atomic E-state index is 11.9. The largest absolute Gasteiger partial charge is 0.495 e. The zero-order valence-corrected chi connectivity index (χ0v) is 11.2. The summed E-state index contributed by atoms with van der Waals surface area (Å²) in [5.41, 5.74) is 0.546. The lowest BCUT2D eigenvalue weighted by Crippen LogP contribution is -2.26. The maximum Gasteiger partial charge on any atom is 0.176 e. The second-order valence-corrected chi connectivity index (χ2v) is 4.33. The molecule has 0 N–H and O–H groups in total. The summed E-state index contributed by atoms with van der Waals surface area (Å²) in [6.07, 6.45) is 0.410. The number of carbonyl (C=O) groups excluding carboxylic acids is 1. The Morgan fingerprint density at radius 1 is 1.56 bits per heavy atom. The Morgan fingerprint density at radius 3 is 2.83 bits per heavy atom. The van der Waals surface area contributed by atoms with Gasteiger partial charge in [0.05, 0.1) is 24.7 Å². The van der Waals surface area contributed by atoms with Crippen molar-refractivity contribution < 1.29 is 9.53 Å². The van der Waals surface area contributed by atoms with Gasteiger partial charge in [0, 0.05) is 18.5 Å². The minimum absolute atomic E-state index is 0.0278. The number of halogens is 1. The summed E-state index contributed by atoms with van der Waals surface area (Å²) in [5.74, 6) is 0.519. The average Bonchev–Trinajstić information content (AvgIpc) is 2.36. The number of benzene rings is 1. The summed E-state index contributed by atoms with van der Waals surface area (Å²) < 4.78 is 5.02. The van der Waals surface area contributed by atoms with Crippen LogP contribution in [0.1, 0.15) is 16.8 Å². The van der Waals surface area contributed by atoms with Crippen molar-refractivity contribution in [1.29, 1.82) is 5.26 Å². The minimum Gasteiger partial charge on any atom is -0.495 e. The van der Waals surface area contributed by atoms with Crippen LogP contribution < -0.4 is 4.74 Å². The molecule has 0 aromatic heterocycles. The summed E-state index contributed by atoms with van der Waals surface area (Å²) in [5, 5.41) is 8.89. The van der Waals surface area contributed by atoms with Crippen LogP contribution >= 0.6 is 11.6 Å². The predicted molar refractivity (Wildman–Crippen MR) is 70.1 cm³/mol. The Kier molecular flexibility index (Phi) is 5.63. The molecule has 96 valence electrons. The van der Waals surface area contributed by atoms with Gasteiger partial charge in [-0.2, -0.15) is 5.26 Å². The highest BCUT2D eigenvalue weighted by Crippen LogP contribution is 2.25. The molecule has 0 aliphatic rings. The van der Waals surface area contributed by atoms with Gasteiger partial charge in [0.2, 0.25) is 0 Å². The van der Waals surface area contributed by atoms with E-state index >= 15 is 0 Å². The van der Waals surface area contributed by atoms with Gasteiger partial charge in [-0.1, -0.05) is 11.6 Å². The highest BCUT2D eigenvalue weighted by molar-refractivity contribution is 6.32. The van der Waals surface area contributed by atoms with Crippen LogP contribution in [-0.2, 0) is 0 Å². The van der Waals surface area contributed by atoms with Crippen molar-refractivity contribution in [1.82, 2.24) is 4.90 Å². The molecule has 5 heteroatoms. The fraction of sp³-hybridized carbons (Fsp3) is 0.385. The van der Waals surface area contributed by atoms with E-state index in [2.05, 4.69) is 0 Å². The lowest BCUT2D eigenvalue weighted by molar-refractivity contribution is 0.0947. The van der Waals surface area contributed by atoms with Gasteiger partial charge in [0.1, 0.15) is 5.75 Å². The fourth-order valence-electron chi connectivity index (χ4n) is 1.50. The SMILES string of the molecule is COc1ccc(C(=O)CN(C)CCC#N)cc1Cl. The lowest BCUT2D eigenvalue weighted by Gasteiger charge is -2.14. The Balaban J connectivity index is 2.67. The molecule has 0 saturated heterocycles. The van der Waals surface area contributed by atoms with Crippen LogP contribution in [0.25, 0.3) is 0 Å². The van der Waals surface area contributed by atoms with Crippen LogP contribution in [0.5, 0.6) is 5.75 Å². The van der Waals surface area contributed by atoms with Crippen LogP contribution in [-0.4, -0.2) is 37.9 Å². The number of carbonyl (C=O) groups is 1. The first-order chi connectivity index (χ1) is 8.58. The molecule has 0 atom stereocenters. The number of nitrogens with zero attached hydrogens (tertiary/aromatic N) is 2. The first-order valence-electron chi connectivity index (χ1n) is 5.50. The van der Waals surface area contributed by atoms with Crippen molar-refractivity contribution in [3.8, 4) is 11.8 Å². The normalized spacial score (nSPS) is 10.2. The van der Waals surface area contributed by atoms with Gasteiger partial charge in [-0.3, -0.25) is 9.69 Å². The molecular formula is C13H15ClN2O2. The predicted octanol–water partition coefficient (Wildman–Crippen LogP) is 2.38. The molecule has 0 aliphatic carbocycles. The van der Waals surface area contributed by atoms with E-state index in [-0.39, 0.29) is 12.3 Å². The summed E-state index contributed by atoms with van der Waals surface area (Å²) in [6.45, 7) is 0.844. The Morgan fingerprint density at radius 2 is 2.28 bits per heavy atom. The molecule has 0 bridgehead atoms. The molecule has 0 heterocycles. The topological polar surface area (TPSA) is 53.3 Å². The Labute approximate surface area is 112 Å². The van der Waals surface area contributed by atoms with Crippen molar-refractivity contribution in [2.75, 3.05) is 27.2 Å². The quantitative estimate of drug-likeness (QED) is 0.742. The third-order valence-corrected chi connectivity index (χ3v) is 2.79. The second kappa shape index (κ2) is 7.00. The van der Waals surface area contributed by atoms with Crippen LogP contribution in [0.3, 0.4) is 0 Å². The van der Waals surface area contributed by atoms with E-state index in [1.807, 2.05) is 11.0 Å². The molecule has 0 radical (unpaired) electrons. The zero-order chi connectivity index (χ0) is 13.5. The van der Waals surface area contributed by atoms with E-state index in [1.54, 1.807) is 25.2 Å². The first kappa shape index (κ1) is 14.5. The molecule has 1 aromatic carbocycles. The third kappa shape index (κ3) is 4.02. The van der Waals surface area contributed by atoms with E-state index in [9.17, 15) is 4.79 Å². The third-order valence-electron chi connectivity index (χ3n) is 2.49. The molecule has 0 saturated carbocycles. The second-order valence-electron chi connectivity index (χ2n) is 3.92. The number of rotatable bonds is 6. The van der Waals surface area contributed by atoms with E-state index < -0.39 is 0 Å². The zero-order valence-electron chi connectivity index (χ0n) is 10.4. The van der Waals surface area contributed by atoms with Crippen LogP contribution in [0, 0.1) is 11.3 Å². The molecule has 0 unspecified atom stereocenters. The fourth-order valence-corrected chi connectivity index (χ4v) is 1.75. The van der Waals surface area contributed by atoms with E-state index in [4.69, 9.17) is 21.6 Å². The monoisotopic (exact) mass is 266 g/mol. The van der Waals surface area contributed by atoms with Crippen molar-refractivity contribution in [3.63, 3.8) is 0 Å². The highest BCUT2D eigenvalue weighted by Gasteiger charge is 2.11. The van der Waals surface area contributed by atoms with Crippen molar-refractivity contribution in [2.24, 2.45) is 0 Å². The van der Waals surface area contributed by atoms with Crippen molar-refractivity contribution in [2.45, 2.75) is 6.42 Å². The molecule has 1 aromatic rings. The Bertz CT molecular complexity index is 469. The van der Waals surface area contributed by atoms with Gasteiger partial charge in [-0.15, -0.1) is 0 Å². The van der Waals surface area contributed by atoms with Crippen LogP contribution in [0.4, 0.5) is 0 Å². The number of hydrogen-bond acceptors (Lipinski definition) is 4. The van der Waals surface area contributed by atoms with E-state index in [1.165, 1.54) is 7.11 Å². The number of Topliss-reactive ketones (excluding diaryl/α,β-unsaturated/α-hetero) is 1. The summed E-state index contributed by atoms with van der Waals surface area (Å²) >= 11 is 5.96. The number of likely N-dealkylation sites (N-methyl/N-ethyl adjacent to an activating group) is 1. The number of hydrogen-bond donors (Lipinski definition) is 0. The van der Waals surface area contributed by atoms with Gasteiger partial charge < -0.3 is 4.74 Å². The highest BCUT2D eigenvalue weighted by atomic mass is 35.5. The van der Waals surface area contributed by atoms with Gasteiger partial charge in [-0.25, -0.2) is 0 Å². The number of ether oxygens (including phenoxy) is 1. The molecule has 0 fully saturated rings. The summed E-state index contributed by atoms with van der Waals surface area (Å²) in [6, 6.07) is 7.00. The molecule has 0 spiro atoms. The van der Waals surface area contributed by atoms with Gasteiger partial charge in [0.25, 0.3) is 0 Å². The first-order valence-corrected chi connectivity index (χ1v) is 5.88. The van der Waals surface area contributed by atoms with E-state index in [0.717, 1.165) is 0 Å². The minimum atomic E-state index is -0.0278. The molecule has 4 nitrogen and oxygen atoms in total. The van der Waals surface area contributed by atoms with Gasteiger partial charge in [-0.05, 0) is 25.2 Å².